The van der Waals surface area contributed by atoms with Gasteiger partial charge in [-0.2, -0.15) is 0 Å². The summed E-state index contributed by atoms with van der Waals surface area (Å²) in [4.78, 5) is 69.4. The number of benzene rings is 2. The number of aryl methyl sites for hydroxylation is 2. The normalized spacial score (nSPS) is 16.8. The lowest BCUT2D eigenvalue weighted by atomic mass is 9.96. The number of carbonyl (C=O) groups is 5. The summed E-state index contributed by atoms with van der Waals surface area (Å²) < 4.78 is 11.2. The van der Waals surface area contributed by atoms with Gasteiger partial charge in [0, 0.05) is 28.8 Å². The molecule has 0 bridgehead atoms. The second kappa shape index (κ2) is 17.4. The van der Waals surface area contributed by atoms with Gasteiger partial charge in [-0.1, -0.05) is 48.5 Å². The van der Waals surface area contributed by atoms with Crippen LogP contribution >= 0.6 is 11.8 Å². The zero-order valence-corrected chi connectivity index (χ0v) is 32.2. The van der Waals surface area contributed by atoms with Gasteiger partial charge in [-0.25, -0.2) is 0 Å². The third kappa shape index (κ3) is 12.3. The first-order valence-electron chi connectivity index (χ1n) is 17.2. The summed E-state index contributed by atoms with van der Waals surface area (Å²) in [6, 6.07) is 12.9. The molecule has 0 aromatic heterocycles. The summed E-state index contributed by atoms with van der Waals surface area (Å²) in [6.45, 7) is 16.5. The van der Waals surface area contributed by atoms with Crippen molar-refractivity contribution in [1.29, 1.82) is 0 Å². The summed E-state index contributed by atoms with van der Waals surface area (Å²) in [5, 5.41) is 8.67. The van der Waals surface area contributed by atoms with Crippen molar-refractivity contribution in [1.82, 2.24) is 20.9 Å². The van der Waals surface area contributed by atoms with Crippen molar-refractivity contribution in [3.63, 3.8) is 0 Å². The van der Waals surface area contributed by atoms with Crippen LogP contribution in [0.4, 0.5) is 0 Å². The van der Waals surface area contributed by atoms with Gasteiger partial charge in [0.15, 0.2) is 6.61 Å². The lowest BCUT2D eigenvalue weighted by Crippen LogP contribution is -2.61. The predicted molar refractivity (Wildman–Crippen MR) is 199 cm³/mol. The average Bonchev–Trinajstić information content (AvgIpc) is 3.36. The van der Waals surface area contributed by atoms with E-state index in [1.165, 1.54) is 16.7 Å². The van der Waals surface area contributed by atoms with Crippen molar-refractivity contribution in [2.75, 3.05) is 19.0 Å². The number of hydrogen-bond acceptors (Lipinski definition) is 9. The van der Waals surface area contributed by atoms with Crippen molar-refractivity contribution in [3.8, 4) is 5.75 Å². The van der Waals surface area contributed by atoms with E-state index in [-0.39, 0.29) is 44.2 Å². The van der Waals surface area contributed by atoms with Gasteiger partial charge >= 0.3 is 5.97 Å². The Morgan fingerprint density at radius 1 is 0.922 bits per heavy atom. The van der Waals surface area contributed by atoms with Crippen LogP contribution < -0.4 is 26.4 Å². The van der Waals surface area contributed by atoms with E-state index < -0.39 is 57.7 Å². The molecule has 5 N–H and O–H groups in total. The summed E-state index contributed by atoms with van der Waals surface area (Å²) in [5.74, 6) is -2.00. The third-order valence-corrected chi connectivity index (χ3v) is 9.76. The van der Waals surface area contributed by atoms with Crippen molar-refractivity contribution in [2.24, 2.45) is 5.73 Å². The molecule has 12 nitrogen and oxygen atoms in total. The summed E-state index contributed by atoms with van der Waals surface area (Å²) >= 11 is 1.43. The molecule has 2 aromatic rings. The second-order valence-corrected chi connectivity index (χ2v) is 16.8. The average molecular weight is 726 g/mol. The van der Waals surface area contributed by atoms with Crippen LogP contribution in [0.15, 0.2) is 48.5 Å². The number of ether oxygens (including phenoxy) is 2. The summed E-state index contributed by atoms with van der Waals surface area (Å²) in [7, 11) is 0. The number of hydrogen-bond donors (Lipinski definition) is 4. The summed E-state index contributed by atoms with van der Waals surface area (Å²) in [5.41, 5.74) is 6.98. The largest absolute Gasteiger partial charge is 0.483 e. The van der Waals surface area contributed by atoms with Crippen LogP contribution in [0.5, 0.6) is 5.75 Å². The number of para-hydroxylation sites is 1. The number of nitrogens with zero attached hydrogens (tertiary/aromatic N) is 1. The Labute approximate surface area is 306 Å². The number of nitrogens with one attached hydrogen (secondary N) is 3. The van der Waals surface area contributed by atoms with E-state index in [1.54, 1.807) is 13.8 Å². The van der Waals surface area contributed by atoms with Crippen LogP contribution in [-0.4, -0.2) is 87.5 Å². The van der Waals surface area contributed by atoms with Gasteiger partial charge in [-0.05, 0) is 85.4 Å². The van der Waals surface area contributed by atoms with Gasteiger partial charge in [0.2, 0.25) is 17.9 Å². The van der Waals surface area contributed by atoms with Crippen LogP contribution in [-0.2, 0) is 35.1 Å². The molecule has 280 valence electrons. The SMILES string of the molecule is Cc1cccc(C)c1OCC(=O)N[C@@H](Cc1ccccc1)[C@H](OC(=O)CCC(=O)NC(C)(C)CN)C(=O)N1CSC(C)(C)C1C(=O)NC(C)(C)C. The van der Waals surface area contributed by atoms with Crippen LogP contribution in [0, 0.1) is 13.8 Å². The molecule has 1 heterocycles. The number of thioether (sulfide) groups is 1. The number of esters is 1. The summed E-state index contributed by atoms with van der Waals surface area (Å²) in [6.07, 6.45) is -1.95. The van der Waals surface area contributed by atoms with Gasteiger partial charge < -0.3 is 36.1 Å². The molecule has 1 aliphatic rings. The quantitative estimate of drug-likeness (QED) is 0.201. The van der Waals surface area contributed by atoms with E-state index >= 15 is 0 Å². The Morgan fingerprint density at radius 2 is 1.55 bits per heavy atom. The zero-order chi connectivity index (χ0) is 38.1. The Hall–Kier alpha value is -4.10. The highest BCUT2D eigenvalue weighted by molar-refractivity contribution is 8.00. The van der Waals surface area contributed by atoms with Crippen LogP contribution in [0.2, 0.25) is 0 Å². The van der Waals surface area contributed by atoms with Gasteiger partial charge in [-0.3, -0.25) is 24.0 Å². The maximum absolute atomic E-state index is 14.7. The fourth-order valence-electron chi connectivity index (χ4n) is 5.74. The molecule has 1 saturated heterocycles. The fraction of sp³-hybridized carbons (Fsp3) is 0.553. The standard InChI is InChI=1S/C38H55N5O7S/c1-24-14-13-15-25(2)31(24)49-21-29(45)40-27(20-26-16-11-10-12-17-26)32(50-30(46)19-18-28(44)41-37(6,7)22-39)35(48)43-23-51-38(8,9)33(43)34(47)42-36(3,4)5/h10-17,27,32-33H,18-23,39H2,1-9H3,(H,40,45)(H,41,44)(H,42,47)/t27-,32-,33?/m0/s1. The van der Waals surface area contributed by atoms with Crippen molar-refractivity contribution in [2.45, 2.75) is 116 Å². The first kappa shape index (κ1) is 41.3. The molecule has 3 rings (SSSR count). The van der Waals surface area contributed by atoms with E-state index in [2.05, 4.69) is 16.0 Å². The van der Waals surface area contributed by atoms with Crippen molar-refractivity contribution in [3.05, 3.63) is 65.2 Å². The minimum atomic E-state index is -1.54. The molecule has 13 heteroatoms. The van der Waals surface area contributed by atoms with Gasteiger partial charge in [0.05, 0.1) is 18.3 Å². The number of amides is 4. The Balaban J connectivity index is 1.98. The molecular formula is C38H55N5O7S. The molecule has 3 atom stereocenters. The highest BCUT2D eigenvalue weighted by atomic mass is 32.2. The first-order valence-corrected chi connectivity index (χ1v) is 18.2. The smallest absolute Gasteiger partial charge is 0.307 e. The molecule has 0 radical (unpaired) electrons. The minimum Gasteiger partial charge on any atom is -0.483 e. The van der Waals surface area contributed by atoms with E-state index in [0.717, 1.165) is 16.7 Å². The molecule has 0 spiro atoms. The lowest BCUT2D eigenvalue weighted by Gasteiger charge is -2.36. The van der Waals surface area contributed by atoms with E-state index in [1.807, 2.05) is 97.0 Å². The zero-order valence-electron chi connectivity index (χ0n) is 31.4. The van der Waals surface area contributed by atoms with E-state index in [9.17, 15) is 24.0 Å². The molecule has 0 saturated carbocycles. The lowest BCUT2D eigenvalue weighted by molar-refractivity contribution is -0.164. The third-order valence-electron chi connectivity index (χ3n) is 8.39. The monoisotopic (exact) mass is 725 g/mol. The fourth-order valence-corrected chi connectivity index (χ4v) is 6.88. The maximum atomic E-state index is 14.7. The molecule has 4 amide bonds. The van der Waals surface area contributed by atoms with Gasteiger partial charge in [0.1, 0.15) is 11.8 Å². The Bertz CT molecular complexity index is 1540. The topological polar surface area (TPSA) is 169 Å². The van der Waals surface area contributed by atoms with E-state index in [4.69, 9.17) is 15.2 Å². The van der Waals surface area contributed by atoms with Crippen LogP contribution in [0.25, 0.3) is 0 Å². The Kier molecular flexibility index (Phi) is 14.1. The second-order valence-electron chi connectivity index (χ2n) is 15.2. The van der Waals surface area contributed by atoms with Gasteiger partial charge in [-0.15, -0.1) is 11.8 Å². The molecule has 2 aromatic carbocycles. The number of carbonyl (C=O) groups excluding carboxylic acids is 5. The molecule has 1 fully saturated rings. The highest BCUT2D eigenvalue weighted by Crippen LogP contribution is 2.40. The van der Waals surface area contributed by atoms with Crippen molar-refractivity contribution >= 4 is 41.4 Å². The predicted octanol–water partition coefficient (Wildman–Crippen LogP) is 3.55. The van der Waals surface area contributed by atoms with E-state index in [0.29, 0.717) is 5.75 Å². The first-order chi connectivity index (χ1) is 23.7. The van der Waals surface area contributed by atoms with Crippen molar-refractivity contribution < 1.29 is 33.4 Å². The molecule has 1 aliphatic heterocycles. The number of rotatable bonds is 15. The molecule has 51 heavy (non-hydrogen) atoms. The molecular weight excluding hydrogens is 671 g/mol. The van der Waals surface area contributed by atoms with Crippen LogP contribution in [0.3, 0.4) is 0 Å². The molecule has 0 aliphatic carbocycles. The molecule has 1 unspecified atom stereocenters. The van der Waals surface area contributed by atoms with Gasteiger partial charge in [0.25, 0.3) is 11.8 Å². The minimum absolute atomic E-state index is 0.119. The Morgan fingerprint density at radius 3 is 2.14 bits per heavy atom. The maximum Gasteiger partial charge on any atom is 0.307 e. The highest BCUT2D eigenvalue weighted by Gasteiger charge is 2.51. The van der Waals surface area contributed by atoms with Crippen LogP contribution in [0.1, 0.15) is 78.0 Å². The number of nitrogens with two attached hydrogens (primary N) is 1.